The predicted octanol–water partition coefficient (Wildman–Crippen LogP) is 0.541. The minimum Gasteiger partial charge on any atom is -0.374 e. The molecular formula is C10H20N2OS. The second kappa shape index (κ2) is 5.35. The van der Waals surface area contributed by atoms with Gasteiger partial charge in [0, 0.05) is 25.7 Å². The van der Waals surface area contributed by atoms with E-state index in [4.69, 9.17) is 10.5 Å². The molecule has 4 heteroatoms. The van der Waals surface area contributed by atoms with Gasteiger partial charge in [-0.2, -0.15) is 11.8 Å². The van der Waals surface area contributed by atoms with Crippen LogP contribution in [0.15, 0.2) is 0 Å². The van der Waals surface area contributed by atoms with Crippen LogP contribution in [0.3, 0.4) is 0 Å². The summed E-state index contributed by atoms with van der Waals surface area (Å²) < 4.78 is 5.58. The van der Waals surface area contributed by atoms with Crippen LogP contribution in [0.25, 0.3) is 0 Å². The third-order valence-corrected chi connectivity index (χ3v) is 4.19. The third kappa shape index (κ3) is 2.63. The van der Waals surface area contributed by atoms with E-state index in [-0.39, 0.29) is 6.10 Å². The minimum absolute atomic E-state index is 0.276. The number of ether oxygens (including phenoxy) is 1. The number of hydrogen-bond donors (Lipinski definition) is 1. The van der Waals surface area contributed by atoms with Crippen molar-refractivity contribution in [2.45, 2.75) is 25.0 Å². The SMILES string of the molecule is NCC1CN(C2CCSCC2)CCO1. The zero-order chi connectivity index (χ0) is 9.80. The van der Waals surface area contributed by atoms with E-state index in [0.29, 0.717) is 6.54 Å². The van der Waals surface area contributed by atoms with E-state index in [1.165, 1.54) is 24.3 Å². The molecule has 1 atom stereocenters. The van der Waals surface area contributed by atoms with Crippen LogP contribution in [0, 0.1) is 0 Å². The fourth-order valence-electron chi connectivity index (χ4n) is 2.27. The minimum atomic E-state index is 0.276. The third-order valence-electron chi connectivity index (χ3n) is 3.14. The van der Waals surface area contributed by atoms with Crippen molar-refractivity contribution < 1.29 is 4.74 Å². The maximum Gasteiger partial charge on any atom is 0.0824 e. The molecule has 3 nitrogen and oxygen atoms in total. The lowest BCUT2D eigenvalue weighted by Gasteiger charge is -2.39. The van der Waals surface area contributed by atoms with Gasteiger partial charge in [0.1, 0.15) is 0 Å². The van der Waals surface area contributed by atoms with Crippen molar-refractivity contribution in [2.24, 2.45) is 5.73 Å². The van der Waals surface area contributed by atoms with Crippen molar-refractivity contribution in [3.63, 3.8) is 0 Å². The first-order valence-electron chi connectivity index (χ1n) is 5.53. The van der Waals surface area contributed by atoms with Crippen LogP contribution in [0.2, 0.25) is 0 Å². The van der Waals surface area contributed by atoms with Crippen molar-refractivity contribution in [1.82, 2.24) is 4.90 Å². The van der Waals surface area contributed by atoms with Crippen molar-refractivity contribution in [1.29, 1.82) is 0 Å². The van der Waals surface area contributed by atoms with Gasteiger partial charge >= 0.3 is 0 Å². The summed E-state index contributed by atoms with van der Waals surface area (Å²) in [7, 11) is 0. The largest absolute Gasteiger partial charge is 0.374 e. The van der Waals surface area contributed by atoms with Crippen LogP contribution >= 0.6 is 11.8 Å². The zero-order valence-corrected chi connectivity index (χ0v) is 9.47. The van der Waals surface area contributed by atoms with Crippen LogP contribution < -0.4 is 5.73 Å². The molecule has 0 bridgehead atoms. The van der Waals surface area contributed by atoms with Crippen LogP contribution in [0.1, 0.15) is 12.8 Å². The van der Waals surface area contributed by atoms with E-state index in [9.17, 15) is 0 Å². The zero-order valence-electron chi connectivity index (χ0n) is 8.65. The lowest BCUT2D eigenvalue weighted by atomic mass is 10.1. The van der Waals surface area contributed by atoms with Gasteiger partial charge in [0.25, 0.3) is 0 Å². The van der Waals surface area contributed by atoms with Crippen LogP contribution in [0.4, 0.5) is 0 Å². The molecule has 0 aromatic carbocycles. The summed E-state index contributed by atoms with van der Waals surface area (Å²) >= 11 is 2.09. The van der Waals surface area contributed by atoms with Gasteiger partial charge in [-0.1, -0.05) is 0 Å². The summed E-state index contributed by atoms with van der Waals surface area (Å²) in [5.41, 5.74) is 5.64. The number of thioether (sulfide) groups is 1. The lowest BCUT2D eigenvalue weighted by molar-refractivity contribution is -0.0394. The summed E-state index contributed by atoms with van der Waals surface area (Å²) in [6, 6.07) is 0.800. The van der Waals surface area contributed by atoms with Gasteiger partial charge in [-0.3, -0.25) is 4.90 Å². The molecule has 0 amide bonds. The molecule has 2 fully saturated rings. The first-order valence-corrected chi connectivity index (χ1v) is 6.69. The molecule has 0 spiro atoms. The second-order valence-electron chi connectivity index (χ2n) is 4.07. The molecule has 0 aromatic heterocycles. The Hall–Kier alpha value is 0.230. The first-order chi connectivity index (χ1) is 6.90. The molecule has 2 rings (SSSR count). The fourth-order valence-corrected chi connectivity index (χ4v) is 3.35. The molecule has 2 aliphatic rings. The van der Waals surface area contributed by atoms with E-state index in [2.05, 4.69) is 16.7 Å². The molecule has 0 saturated carbocycles. The quantitative estimate of drug-likeness (QED) is 0.731. The average molecular weight is 216 g/mol. The highest BCUT2D eigenvalue weighted by molar-refractivity contribution is 7.99. The van der Waals surface area contributed by atoms with Gasteiger partial charge in [0.2, 0.25) is 0 Å². The molecule has 2 heterocycles. The van der Waals surface area contributed by atoms with E-state index in [1.807, 2.05) is 0 Å². The van der Waals surface area contributed by atoms with E-state index >= 15 is 0 Å². The standard InChI is InChI=1S/C10H20N2OS/c11-7-10-8-12(3-4-13-10)9-1-5-14-6-2-9/h9-10H,1-8,11H2. The van der Waals surface area contributed by atoms with E-state index in [1.54, 1.807) is 0 Å². The monoisotopic (exact) mass is 216 g/mol. The Morgan fingerprint density at radius 1 is 1.36 bits per heavy atom. The molecule has 2 N–H and O–H groups in total. The van der Waals surface area contributed by atoms with Crippen molar-refractivity contribution in [2.75, 3.05) is 37.7 Å². The summed E-state index contributed by atoms with van der Waals surface area (Å²) in [4.78, 5) is 2.58. The van der Waals surface area contributed by atoms with Gasteiger partial charge in [-0.15, -0.1) is 0 Å². The lowest BCUT2D eigenvalue weighted by Crippen LogP contribution is -2.50. The number of rotatable bonds is 2. The summed E-state index contributed by atoms with van der Waals surface area (Å²) in [6.45, 7) is 3.68. The molecule has 82 valence electrons. The van der Waals surface area contributed by atoms with Gasteiger partial charge in [-0.25, -0.2) is 0 Å². The van der Waals surface area contributed by atoms with E-state index < -0.39 is 0 Å². The summed E-state index contributed by atoms with van der Waals surface area (Å²) in [5.74, 6) is 2.66. The Morgan fingerprint density at radius 3 is 2.86 bits per heavy atom. The van der Waals surface area contributed by atoms with Crippen molar-refractivity contribution in [3.05, 3.63) is 0 Å². The topological polar surface area (TPSA) is 38.5 Å². The molecule has 2 aliphatic heterocycles. The van der Waals surface area contributed by atoms with Gasteiger partial charge in [-0.05, 0) is 24.3 Å². The van der Waals surface area contributed by atoms with Crippen molar-refractivity contribution >= 4 is 11.8 Å². The summed E-state index contributed by atoms with van der Waals surface area (Å²) in [5, 5.41) is 0. The Kier molecular flexibility index (Phi) is 4.10. The highest BCUT2D eigenvalue weighted by Crippen LogP contribution is 2.23. The Labute approximate surface area is 90.3 Å². The van der Waals surface area contributed by atoms with Gasteiger partial charge in [0.05, 0.1) is 12.7 Å². The van der Waals surface area contributed by atoms with Crippen LogP contribution in [0.5, 0.6) is 0 Å². The fraction of sp³-hybridized carbons (Fsp3) is 1.00. The number of nitrogens with two attached hydrogens (primary N) is 1. The highest BCUT2D eigenvalue weighted by Gasteiger charge is 2.26. The normalized spacial score (nSPS) is 31.9. The molecule has 0 aliphatic carbocycles. The molecular weight excluding hydrogens is 196 g/mol. The van der Waals surface area contributed by atoms with Gasteiger partial charge < -0.3 is 10.5 Å². The molecule has 14 heavy (non-hydrogen) atoms. The Balaban J connectivity index is 1.83. The van der Waals surface area contributed by atoms with Crippen LogP contribution in [-0.4, -0.2) is 54.8 Å². The smallest absolute Gasteiger partial charge is 0.0824 e. The number of hydrogen-bond acceptors (Lipinski definition) is 4. The number of nitrogens with zero attached hydrogens (tertiary/aromatic N) is 1. The Morgan fingerprint density at radius 2 is 2.14 bits per heavy atom. The maximum atomic E-state index is 5.64. The second-order valence-corrected chi connectivity index (χ2v) is 5.29. The first kappa shape index (κ1) is 10.7. The van der Waals surface area contributed by atoms with Gasteiger partial charge in [0.15, 0.2) is 0 Å². The average Bonchev–Trinajstić information content (AvgIpc) is 2.30. The van der Waals surface area contributed by atoms with E-state index in [0.717, 1.165) is 25.7 Å². The molecule has 1 unspecified atom stereocenters. The maximum absolute atomic E-state index is 5.64. The number of morpholine rings is 1. The predicted molar refractivity (Wildman–Crippen MR) is 60.7 cm³/mol. The van der Waals surface area contributed by atoms with Crippen LogP contribution in [-0.2, 0) is 4.74 Å². The highest BCUT2D eigenvalue weighted by atomic mass is 32.2. The Bertz CT molecular complexity index is 174. The molecule has 2 saturated heterocycles. The van der Waals surface area contributed by atoms with Crippen molar-refractivity contribution in [3.8, 4) is 0 Å². The molecule has 0 radical (unpaired) electrons. The molecule has 0 aromatic rings. The summed E-state index contributed by atoms with van der Waals surface area (Å²) in [6.07, 6.45) is 2.97.